The number of aromatic hydroxyl groups is 1. The van der Waals surface area contributed by atoms with Gasteiger partial charge in [0.05, 0.1) is 13.2 Å². The van der Waals surface area contributed by atoms with E-state index in [0.717, 1.165) is 55.6 Å². The summed E-state index contributed by atoms with van der Waals surface area (Å²) in [5.74, 6) is 0.997. The van der Waals surface area contributed by atoms with Crippen molar-refractivity contribution in [3.8, 4) is 11.5 Å². The predicted octanol–water partition coefficient (Wildman–Crippen LogP) is 5.98. The van der Waals surface area contributed by atoms with Crippen LogP contribution in [0.2, 0.25) is 0 Å². The van der Waals surface area contributed by atoms with E-state index in [4.69, 9.17) is 9.47 Å². The van der Waals surface area contributed by atoms with Crippen LogP contribution in [0.5, 0.6) is 11.5 Å². The molecule has 1 fully saturated rings. The molecule has 3 unspecified atom stereocenters. The van der Waals surface area contributed by atoms with Crippen LogP contribution in [-0.2, 0) is 16.0 Å². The number of phenols is 1. The van der Waals surface area contributed by atoms with E-state index in [-0.39, 0.29) is 23.7 Å². The Labute approximate surface area is 197 Å². The second kappa shape index (κ2) is 11.0. The first-order valence-corrected chi connectivity index (χ1v) is 12.5. The zero-order chi connectivity index (χ0) is 23.2. The number of esters is 1. The number of nitrogens with zero attached hydrogens (tertiary/aromatic N) is 1. The van der Waals surface area contributed by atoms with E-state index in [0.29, 0.717) is 18.9 Å². The lowest BCUT2D eigenvalue weighted by atomic mass is 9.79. The molecule has 2 heterocycles. The number of benzene rings is 2. The van der Waals surface area contributed by atoms with Gasteiger partial charge in [0, 0.05) is 42.4 Å². The van der Waals surface area contributed by atoms with Gasteiger partial charge in [0.25, 0.3) is 0 Å². The summed E-state index contributed by atoms with van der Waals surface area (Å²) in [5.41, 5.74) is 3.42. The highest BCUT2D eigenvalue weighted by atomic mass is 16.5. The summed E-state index contributed by atoms with van der Waals surface area (Å²) in [6, 6.07) is 14.9. The van der Waals surface area contributed by atoms with Crippen LogP contribution in [0.25, 0.3) is 0 Å². The van der Waals surface area contributed by atoms with Crippen molar-refractivity contribution in [3.05, 3.63) is 53.6 Å². The SMILES string of the molecule is COC(=O)CCC1CC2CCCCN2c2cc(OC(C)CCCc3ccccc3)cc(O)c21. The van der Waals surface area contributed by atoms with Crippen molar-refractivity contribution in [1.82, 2.24) is 0 Å². The van der Waals surface area contributed by atoms with Crippen LogP contribution in [-0.4, -0.2) is 36.9 Å². The molecule has 1 N–H and O–H groups in total. The van der Waals surface area contributed by atoms with Crippen molar-refractivity contribution < 1.29 is 19.4 Å². The minimum atomic E-state index is -0.189. The third-order valence-electron chi connectivity index (χ3n) is 7.19. The van der Waals surface area contributed by atoms with Gasteiger partial charge in [-0.15, -0.1) is 0 Å². The molecule has 2 aliphatic heterocycles. The minimum absolute atomic E-state index is 0.0713. The summed E-state index contributed by atoms with van der Waals surface area (Å²) in [4.78, 5) is 14.2. The van der Waals surface area contributed by atoms with E-state index in [1.54, 1.807) is 6.07 Å². The molecule has 2 aromatic rings. The zero-order valence-electron chi connectivity index (χ0n) is 20.0. The number of aryl methyl sites for hydroxylation is 1. The first-order valence-electron chi connectivity index (χ1n) is 12.5. The van der Waals surface area contributed by atoms with Crippen molar-refractivity contribution in [2.45, 2.75) is 82.8 Å². The second-order valence-corrected chi connectivity index (χ2v) is 9.57. The first-order chi connectivity index (χ1) is 16.0. The van der Waals surface area contributed by atoms with Gasteiger partial charge >= 0.3 is 5.97 Å². The normalized spacial score (nSPS) is 20.5. The van der Waals surface area contributed by atoms with Gasteiger partial charge in [-0.3, -0.25) is 4.79 Å². The summed E-state index contributed by atoms with van der Waals surface area (Å²) >= 11 is 0. The number of phenolic OH excluding ortho intramolecular Hbond substituents is 1. The average molecular weight is 452 g/mol. The Balaban J connectivity index is 1.47. The second-order valence-electron chi connectivity index (χ2n) is 9.57. The Morgan fingerprint density at radius 1 is 1.21 bits per heavy atom. The molecule has 0 spiro atoms. The number of methoxy groups -OCH3 is 1. The summed E-state index contributed by atoms with van der Waals surface area (Å²) < 4.78 is 11.1. The maximum atomic E-state index is 11.8. The molecule has 178 valence electrons. The molecule has 0 aromatic heterocycles. The molecular weight excluding hydrogens is 414 g/mol. The number of piperidine rings is 1. The number of rotatable bonds is 9. The molecule has 1 saturated heterocycles. The van der Waals surface area contributed by atoms with Crippen molar-refractivity contribution in [2.24, 2.45) is 0 Å². The molecule has 0 saturated carbocycles. The topological polar surface area (TPSA) is 59.0 Å². The highest BCUT2D eigenvalue weighted by molar-refractivity contribution is 5.70. The fraction of sp³-hybridized carbons (Fsp3) is 0.536. The number of anilines is 1. The molecule has 0 bridgehead atoms. The van der Waals surface area contributed by atoms with Gasteiger partial charge in [-0.25, -0.2) is 0 Å². The average Bonchev–Trinajstić information content (AvgIpc) is 2.82. The van der Waals surface area contributed by atoms with E-state index >= 15 is 0 Å². The number of carbonyl (C=O) groups is 1. The van der Waals surface area contributed by atoms with E-state index < -0.39 is 0 Å². The monoisotopic (exact) mass is 451 g/mol. The van der Waals surface area contributed by atoms with Crippen molar-refractivity contribution in [1.29, 1.82) is 0 Å². The Bertz CT molecular complexity index is 929. The number of carbonyl (C=O) groups excluding carboxylic acids is 1. The maximum absolute atomic E-state index is 11.8. The van der Waals surface area contributed by atoms with Crippen LogP contribution in [0.1, 0.15) is 75.3 Å². The third-order valence-corrected chi connectivity index (χ3v) is 7.19. The lowest BCUT2D eigenvalue weighted by Gasteiger charge is -2.45. The lowest BCUT2D eigenvalue weighted by molar-refractivity contribution is -0.140. The highest BCUT2D eigenvalue weighted by Crippen LogP contribution is 2.49. The van der Waals surface area contributed by atoms with Crippen molar-refractivity contribution in [2.75, 3.05) is 18.6 Å². The van der Waals surface area contributed by atoms with Crippen molar-refractivity contribution in [3.63, 3.8) is 0 Å². The predicted molar refractivity (Wildman–Crippen MR) is 131 cm³/mol. The van der Waals surface area contributed by atoms with Gasteiger partial charge < -0.3 is 19.5 Å². The molecule has 33 heavy (non-hydrogen) atoms. The number of hydrogen-bond acceptors (Lipinski definition) is 5. The van der Waals surface area contributed by atoms with Crippen molar-refractivity contribution >= 4 is 11.7 Å². The van der Waals surface area contributed by atoms with Gasteiger partial charge in [-0.05, 0) is 69.8 Å². The Kier molecular flexibility index (Phi) is 7.79. The molecule has 5 nitrogen and oxygen atoms in total. The maximum Gasteiger partial charge on any atom is 0.305 e. The molecule has 0 aliphatic carbocycles. The quantitative estimate of drug-likeness (QED) is 0.475. The zero-order valence-corrected chi connectivity index (χ0v) is 20.0. The molecule has 3 atom stereocenters. The number of ether oxygens (including phenoxy) is 2. The van der Waals surface area contributed by atoms with E-state index in [1.807, 2.05) is 6.07 Å². The van der Waals surface area contributed by atoms with Gasteiger partial charge in [-0.2, -0.15) is 0 Å². The van der Waals surface area contributed by atoms with E-state index in [2.05, 4.69) is 42.2 Å². The minimum Gasteiger partial charge on any atom is -0.507 e. The third kappa shape index (κ3) is 5.82. The largest absolute Gasteiger partial charge is 0.507 e. The van der Waals surface area contributed by atoms with Crippen LogP contribution in [0.3, 0.4) is 0 Å². The van der Waals surface area contributed by atoms with Crippen LogP contribution >= 0.6 is 0 Å². The summed E-state index contributed by atoms with van der Waals surface area (Å²) in [6.07, 6.45) is 8.77. The van der Waals surface area contributed by atoms with Crippen LogP contribution < -0.4 is 9.64 Å². The lowest BCUT2D eigenvalue weighted by Crippen LogP contribution is -2.44. The van der Waals surface area contributed by atoms with E-state index in [1.165, 1.54) is 25.5 Å². The fourth-order valence-corrected chi connectivity index (χ4v) is 5.52. The Morgan fingerprint density at radius 3 is 2.82 bits per heavy atom. The number of hydrogen-bond donors (Lipinski definition) is 1. The van der Waals surface area contributed by atoms with E-state index in [9.17, 15) is 9.90 Å². The molecule has 5 heteroatoms. The Morgan fingerprint density at radius 2 is 2.03 bits per heavy atom. The molecule has 0 radical (unpaired) electrons. The van der Waals surface area contributed by atoms with Gasteiger partial charge in [-0.1, -0.05) is 30.3 Å². The van der Waals surface area contributed by atoms with Gasteiger partial charge in [0.1, 0.15) is 11.5 Å². The fourth-order valence-electron chi connectivity index (χ4n) is 5.52. The van der Waals surface area contributed by atoms with Gasteiger partial charge in [0.15, 0.2) is 0 Å². The standard InChI is InChI=1S/C28H37NO4/c1-20(9-8-12-21-10-4-3-5-11-21)33-24-18-25-28(26(30)19-24)22(14-15-27(31)32-2)17-23-13-6-7-16-29(23)25/h3-5,10-11,18-20,22-23,30H,6-9,12-17H2,1-2H3. The van der Waals surface area contributed by atoms with Gasteiger partial charge in [0.2, 0.25) is 0 Å². The molecular formula is C28H37NO4. The summed E-state index contributed by atoms with van der Waals surface area (Å²) in [6.45, 7) is 3.11. The first kappa shape index (κ1) is 23.5. The molecule has 4 rings (SSSR count). The molecule has 2 aliphatic rings. The molecule has 0 amide bonds. The number of fused-ring (bicyclic) bond motifs is 3. The summed E-state index contributed by atoms with van der Waals surface area (Å²) in [7, 11) is 1.43. The van der Waals surface area contributed by atoms with Crippen LogP contribution in [0.15, 0.2) is 42.5 Å². The Hall–Kier alpha value is -2.69. The van der Waals surface area contributed by atoms with Crippen LogP contribution in [0, 0.1) is 0 Å². The summed E-state index contributed by atoms with van der Waals surface area (Å²) in [5, 5.41) is 11.0. The molecule has 2 aromatic carbocycles. The smallest absolute Gasteiger partial charge is 0.305 e. The van der Waals surface area contributed by atoms with Crippen LogP contribution in [0.4, 0.5) is 5.69 Å². The highest BCUT2D eigenvalue weighted by Gasteiger charge is 2.36.